The number of hydrogen-bond donors (Lipinski definition) is 3. The Labute approximate surface area is 178 Å². The van der Waals surface area contributed by atoms with Crippen LogP contribution in [0.25, 0.3) is 0 Å². The van der Waals surface area contributed by atoms with E-state index < -0.39 is 12.0 Å². The van der Waals surface area contributed by atoms with Crippen molar-refractivity contribution in [3.63, 3.8) is 0 Å². The number of amides is 2. The monoisotopic (exact) mass is 423 g/mol. The van der Waals surface area contributed by atoms with Crippen molar-refractivity contribution in [2.24, 2.45) is 0 Å². The van der Waals surface area contributed by atoms with E-state index in [1.54, 1.807) is 55.6 Å². The minimum atomic E-state index is -1.13. The van der Waals surface area contributed by atoms with Gasteiger partial charge in [-0.2, -0.15) is 0 Å². The van der Waals surface area contributed by atoms with Crippen molar-refractivity contribution >= 4 is 17.7 Å². The van der Waals surface area contributed by atoms with E-state index in [0.29, 0.717) is 28.7 Å². The number of urea groups is 1. The quantitative estimate of drug-likeness (QED) is 0.502. The van der Waals surface area contributed by atoms with Gasteiger partial charge in [-0.3, -0.25) is 0 Å². The van der Waals surface area contributed by atoms with Gasteiger partial charge in [0.1, 0.15) is 23.0 Å². The standard InChI is InChI=1S/C22H21N3O6/c1-29-16-7-8-20(30-2)18(11-16)25-22(28)24-13-14-3-5-15(6-4-14)31-17-9-10-23-19(12-17)21(26)27/h3-12H,13H2,1-2H3,(H,26,27)(H2,24,25,28). The van der Waals surface area contributed by atoms with Crippen molar-refractivity contribution in [3.05, 3.63) is 72.1 Å². The Morgan fingerprint density at radius 1 is 0.935 bits per heavy atom. The lowest BCUT2D eigenvalue weighted by atomic mass is 10.2. The lowest BCUT2D eigenvalue weighted by molar-refractivity contribution is 0.0690. The lowest BCUT2D eigenvalue weighted by Gasteiger charge is -2.13. The van der Waals surface area contributed by atoms with Gasteiger partial charge in [0.2, 0.25) is 0 Å². The Morgan fingerprint density at radius 3 is 2.35 bits per heavy atom. The zero-order valence-electron chi connectivity index (χ0n) is 16.9. The van der Waals surface area contributed by atoms with E-state index in [4.69, 9.17) is 19.3 Å². The number of methoxy groups -OCH3 is 2. The maximum Gasteiger partial charge on any atom is 0.354 e. The molecule has 0 unspecified atom stereocenters. The molecule has 9 nitrogen and oxygen atoms in total. The first-order chi connectivity index (χ1) is 15.0. The molecule has 0 fully saturated rings. The van der Waals surface area contributed by atoms with E-state index in [2.05, 4.69) is 15.6 Å². The average Bonchev–Trinajstić information content (AvgIpc) is 2.78. The molecule has 3 N–H and O–H groups in total. The fourth-order valence-corrected chi connectivity index (χ4v) is 2.66. The van der Waals surface area contributed by atoms with Gasteiger partial charge in [0.15, 0.2) is 5.69 Å². The molecule has 0 aliphatic heterocycles. The molecular weight excluding hydrogens is 402 g/mol. The molecule has 3 aromatic rings. The lowest BCUT2D eigenvalue weighted by Crippen LogP contribution is -2.28. The second-order valence-corrected chi connectivity index (χ2v) is 6.30. The van der Waals surface area contributed by atoms with Crippen molar-refractivity contribution in [1.82, 2.24) is 10.3 Å². The van der Waals surface area contributed by atoms with Gasteiger partial charge in [0.25, 0.3) is 0 Å². The number of nitrogens with one attached hydrogen (secondary N) is 2. The topological polar surface area (TPSA) is 119 Å². The number of carbonyl (C=O) groups excluding carboxylic acids is 1. The third-order valence-corrected chi connectivity index (χ3v) is 4.22. The summed E-state index contributed by atoms with van der Waals surface area (Å²) in [6.07, 6.45) is 1.37. The highest BCUT2D eigenvalue weighted by atomic mass is 16.5. The summed E-state index contributed by atoms with van der Waals surface area (Å²) in [4.78, 5) is 27.0. The van der Waals surface area contributed by atoms with Crippen LogP contribution in [0.5, 0.6) is 23.0 Å². The van der Waals surface area contributed by atoms with Crippen molar-refractivity contribution in [3.8, 4) is 23.0 Å². The van der Waals surface area contributed by atoms with Crippen LogP contribution in [-0.4, -0.2) is 36.3 Å². The smallest absolute Gasteiger partial charge is 0.354 e. The van der Waals surface area contributed by atoms with Crippen LogP contribution in [0.2, 0.25) is 0 Å². The van der Waals surface area contributed by atoms with Crippen molar-refractivity contribution in [2.45, 2.75) is 6.54 Å². The Bertz CT molecular complexity index is 1070. The number of aromatic nitrogens is 1. The molecule has 0 atom stereocenters. The Hall–Kier alpha value is -4.27. The third kappa shape index (κ3) is 5.86. The number of carboxylic acid groups (broad SMARTS) is 1. The maximum absolute atomic E-state index is 12.3. The minimum Gasteiger partial charge on any atom is -0.497 e. The molecule has 0 saturated heterocycles. The van der Waals surface area contributed by atoms with Gasteiger partial charge in [-0.15, -0.1) is 0 Å². The minimum absolute atomic E-state index is 0.100. The highest BCUT2D eigenvalue weighted by molar-refractivity contribution is 5.91. The van der Waals surface area contributed by atoms with Crippen LogP contribution in [0.15, 0.2) is 60.8 Å². The highest BCUT2D eigenvalue weighted by Crippen LogP contribution is 2.28. The van der Waals surface area contributed by atoms with Gasteiger partial charge in [0, 0.05) is 24.9 Å². The number of ether oxygens (including phenoxy) is 3. The van der Waals surface area contributed by atoms with Crippen LogP contribution in [-0.2, 0) is 6.54 Å². The summed E-state index contributed by atoms with van der Waals surface area (Å²) in [5.41, 5.74) is 1.24. The summed E-state index contributed by atoms with van der Waals surface area (Å²) in [5, 5.41) is 14.5. The van der Waals surface area contributed by atoms with Gasteiger partial charge in [0.05, 0.1) is 19.9 Å². The molecule has 0 radical (unpaired) electrons. The highest BCUT2D eigenvalue weighted by Gasteiger charge is 2.09. The van der Waals surface area contributed by atoms with E-state index in [0.717, 1.165) is 5.56 Å². The number of hydrogen-bond acceptors (Lipinski definition) is 6. The molecule has 0 saturated carbocycles. The van der Waals surface area contributed by atoms with Gasteiger partial charge in [-0.1, -0.05) is 12.1 Å². The van der Waals surface area contributed by atoms with Crippen LogP contribution in [0.1, 0.15) is 16.1 Å². The van der Waals surface area contributed by atoms with E-state index in [-0.39, 0.29) is 12.2 Å². The fourth-order valence-electron chi connectivity index (χ4n) is 2.66. The van der Waals surface area contributed by atoms with Crippen LogP contribution in [0, 0.1) is 0 Å². The first kappa shape index (κ1) is 21.4. The zero-order valence-corrected chi connectivity index (χ0v) is 16.9. The number of rotatable bonds is 8. The molecule has 0 spiro atoms. The second-order valence-electron chi connectivity index (χ2n) is 6.30. The summed E-state index contributed by atoms with van der Waals surface area (Å²) < 4.78 is 16.1. The molecule has 2 amide bonds. The van der Waals surface area contributed by atoms with E-state index in [1.807, 2.05) is 0 Å². The summed E-state index contributed by atoms with van der Waals surface area (Å²) >= 11 is 0. The number of anilines is 1. The van der Waals surface area contributed by atoms with Crippen molar-refractivity contribution in [2.75, 3.05) is 19.5 Å². The largest absolute Gasteiger partial charge is 0.497 e. The molecule has 0 aliphatic carbocycles. The molecule has 3 rings (SSSR count). The number of carbonyl (C=O) groups is 2. The number of benzene rings is 2. The van der Waals surface area contributed by atoms with Gasteiger partial charge >= 0.3 is 12.0 Å². The Kier molecular flexibility index (Phi) is 6.89. The summed E-state index contributed by atoms with van der Waals surface area (Å²) in [7, 11) is 3.06. The summed E-state index contributed by atoms with van der Waals surface area (Å²) in [6.45, 7) is 0.289. The van der Waals surface area contributed by atoms with Crippen LogP contribution < -0.4 is 24.8 Å². The first-order valence-corrected chi connectivity index (χ1v) is 9.21. The molecule has 0 bridgehead atoms. The Balaban J connectivity index is 1.56. The predicted molar refractivity (Wildman–Crippen MR) is 113 cm³/mol. The molecule has 9 heteroatoms. The van der Waals surface area contributed by atoms with Gasteiger partial charge in [-0.25, -0.2) is 14.6 Å². The zero-order chi connectivity index (χ0) is 22.2. The molecular formula is C22H21N3O6. The van der Waals surface area contributed by atoms with Gasteiger partial charge in [-0.05, 0) is 35.9 Å². The molecule has 0 aliphatic rings. The van der Waals surface area contributed by atoms with E-state index in [9.17, 15) is 9.59 Å². The number of nitrogens with zero attached hydrogens (tertiary/aromatic N) is 1. The van der Waals surface area contributed by atoms with Crippen LogP contribution >= 0.6 is 0 Å². The number of carboxylic acids is 1. The second kappa shape index (κ2) is 9.97. The molecule has 160 valence electrons. The molecule has 31 heavy (non-hydrogen) atoms. The van der Waals surface area contributed by atoms with E-state index in [1.165, 1.54) is 19.4 Å². The summed E-state index contributed by atoms with van der Waals surface area (Å²) in [6, 6.07) is 14.7. The molecule has 1 heterocycles. The average molecular weight is 423 g/mol. The predicted octanol–water partition coefficient (Wildman–Crippen LogP) is 3.91. The third-order valence-electron chi connectivity index (χ3n) is 4.22. The summed E-state index contributed by atoms with van der Waals surface area (Å²) in [5.74, 6) is 0.870. The van der Waals surface area contributed by atoms with E-state index >= 15 is 0 Å². The van der Waals surface area contributed by atoms with Crippen LogP contribution in [0.3, 0.4) is 0 Å². The first-order valence-electron chi connectivity index (χ1n) is 9.21. The Morgan fingerprint density at radius 2 is 1.68 bits per heavy atom. The number of aromatic carboxylic acids is 1. The fraction of sp³-hybridized carbons (Fsp3) is 0.136. The van der Waals surface area contributed by atoms with Crippen molar-refractivity contribution < 1.29 is 28.9 Å². The number of pyridine rings is 1. The van der Waals surface area contributed by atoms with Crippen molar-refractivity contribution in [1.29, 1.82) is 0 Å². The molecule has 1 aromatic heterocycles. The molecule has 2 aromatic carbocycles. The maximum atomic E-state index is 12.3. The SMILES string of the molecule is COc1ccc(OC)c(NC(=O)NCc2ccc(Oc3ccnc(C(=O)O)c3)cc2)c1. The van der Waals surface area contributed by atoms with Crippen LogP contribution in [0.4, 0.5) is 10.5 Å². The normalized spacial score (nSPS) is 10.1. The van der Waals surface area contributed by atoms with Gasteiger partial charge < -0.3 is 30.0 Å².